The minimum Gasteiger partial charge on any atom is -0.481 e. The van der Waals surface area contributed by atoms with Crippen LogP contribution in [0.3, 0.4) is 0 Å². The Morgan fingerprint density at radius 1 is 1.15 bits per heavy atom. The molecule has 1 rings (SSSR count). The van der Waals surface area contributed by atoms with Crippen molar-refractivity contribution < 1.29 is 14.7 Å². The average Bonchev–Trinajstić information content (AvgIpc) is 2.68. The Labute approximate surface area is 126 Å². The van der Waals surface area contributed by atoms with Crippen molar-refractivity contribution in [3.8, 4) is 0 Å². The highest BCUT2D eigenvalue weighted by Gasteiger charge is 2.41. The van der Waals surface area contributed by atoms with Crippen LogP contribution in [0.5, 0.6) is 0 Å². The molecular weight excluding hydrogens is 272 g/mol. The molecule has 0 radical (unpaired) electrons. The normalized spacial score (nSPS) is 22.4. The molecule has 4 heteroatoms. The molecule has 1 aliphatic heterocycles. The molecule has 1 heterocycles. The van der Waals surface area contributed by atoms with Gasteiger partial charge in [0.2, 0.25) is 5.12 Å². The summed E-state index contributed by atoms with van der Waals surface area (Å²) >= 11 is 1.17. The number of unbranched alkanes of at least 4 members (excludes halogenated alkanes) is 7. The van der Waals surface area contributed by atoms with Gasteiger partial charge in [0, 0.05) is 10.8 Å². The molecule has 0 bridgehead atoms. The van der Waals surface area contributed by atoms with Gasteiger partial charge in [-0.25, -0.2) is 0 Å². The number of carboxylic acids is 1. The molecule has 3 nitrogen and oxygen atoms in total. The topological polar surface area (TPSA) is 54.4 Å². The van der Waals surface area contributed by atoms with E-state index in [1.165, 1.54) is 50.3 Å². The first-order valence-corrected chi connectivity index (χ1v) is 8.58. The van der Waals surface area contributed by atoms with Gasteiger partial charge < -0.3 is 5.11 Å². The summed E-state index contributed by atoms with van der Waals surface area (Å²) in [6, 6.07) is 0. The van der Waals surface area contributed by atoms with Gasteiger partial charge in [-0.1, -0.05) is 76.6 Å². The summed E-state index contributed by atoms with van der Waals surface area (Å²) in [5.41, 5.74) is 0.270. The van der Waals surface area contributed by atoms with Crippen LogP contribution in [0.2, 0.25) is 0 Å². The van der Waals surface area contributed by atoms with Crippen LogP contribution in [0.4, 0.5) is 0 Å². The molecule has 0 aromatic rings. The van der Waals surface area contributed by atoms with E-state index in [4.69, 9.17) is 5.11 Å². The van der Waals surface area contributed by atoms with Crippen LogP contribution in [0.25, 0.3) is 0 Å². The molecule has 0 spiro atoms. The summed E-state index contributed by atoms with van der Waals surface area (Å²) in [7, 11) is 0. The second-order valence-corrected chi connectivity index (χ2v) is 6.76. The van der Waals surface area contributed by atoms with E-state index in [9.17, 15) is 9.59 Å². The lowest BCUT2D eigenvalue weighted by atomic mass is 9.94. The first kappa shape index (κ1) is 17.3. The van der Waals surface area contributed by atoms with E-state index in [0.29, 0.717) is 0 Å². The smallest absolute Gasteiger partial charge is 0.312 e. The Morgan fingerprint density at radius 2 is 1.70 bits per heavy atom. The fraction of sp³-hybridized carbons (Fsp3) is 0.750. The molecule has 1 N–H and O–H groups in total. The van der Waals surface area contributed by atoms with Crippen LogP contribution in [0.1, 0.15) is 64.7 Å². The molecule has 1 saturated heterocycles. The lowest BCUT2D eigenvalue weighted by Crippen LogP contribution is -2.22. The van der Waals surface area contributed by atoms with Gasteiger partial charge in [-0.2, -0.15) is 0 Å². The van der Waals surface area contributed by atoms with Crippen LogP contribution in [0, 0.1) is 5.92 Å². The first-order chi connectivity index (χ1) is 9.57. The molecule has 0 saturated carbocycles. The molecule has 0 aromatic heterocycles. The summed E-state index contributed by atoms with van der Waals surface area (Å²) in [5, 5.41) is 8.93. The van der Waals surface area contributed by atoms with Crippen LogP contribution in [-0.2, 0) is 9.59 Å². The van der Waals surface area contributed by atoms with Gasteiger partial charge in [0.1, 0.15) is 0 Å². The Kier molecular flexibility index (Phi) is 7.97. The molecule has 1 aliphatic rings. The van der Waals surface area contributed by atoms with E-state index >= 15 is 0 Å². The predicted molar refractivity (Wildman–Crippen MR) is 83.9 cm³/mol. The van der Waals surface area contributed by atoms with Crippen molar-refractivity contribution in [2.45, 2.75) is 70.0 Å². The molecule has 0 aliphatic carbocycles. The number of hydrogen-bond donors (Lipinski definition) is 1. The van der Waals surface area contributed by atoms with E-state index in [-0.39, 0.29) is 15.9 Å². The lowest BCUT2D eigenvalue weighted by molar-refractivity contribution is -0.140. The lowest BCUT2D eigenvalue weighted by Gasteiger charge is -2.13. The maximum Gasteiger partial charge on any atom is 0.312 e. The summed E-state index contributed by atoms with van der Waals surface area (Å²) in [4.78, 5) is 22.7. The third-order valence-electron chi connectivity index (χ3n) is 3.88. The van der Waals surface area contributed by atoms with Gasteiger partial charge >= 0.3 is 5.97 Å². The van der Waals surface area contributed by atoms with E-state index < -0.39 is 11.9 Å². The monoisotopic (exact) mass is 298 g/mol. The number of carbonyl (C=O) groups is 2. The molecule has 114 valence electrons. The van der Waals surface area contributed by atoms with E-state index in [1.807, 2.05) is 0 Å². The highest BCUT2D eigenvalue weighted by molar-refractivity contribution is 8.15. The van der Waals surface area contributed by atoms with E-state index in [2.05, 4.69) is 13.5 Å². The minimum atomic E-state index is -0.905. The number of hydrogen-bond acceptors (Lipinski definition) is 3. The Bertz CT molecular complexity index is 352. The van der Waals surface area contributed by atoms with Gasteiger partial charge in [-0.05, 0) is 6.42 Å². The van der Waals surface area contributed by atoms with Gasteiger partial charge in [0.05, 0.1) is 5.92 Å². The minimum absolute atomic E-state index is 0.104. The molecule has 0 amide bonds. The largest absolute Gasteiger partial charge is 0.481 e. The Morgan fingerprint density at radius 3 is 2.25 bits per heavy atom. The molecule has 2 atom stereocenters. The number of carbonyl (C=O) groups excluding carboxylic acids is 1. The average molecular weight is 298 g/mol. The maximum atomic E-state index is 11.5. The Balaban J connectivity index is 2.16. The van der Waals surface area contributed by atoms with Gasteiger partial charge in [-0.3, -0.25) is 9.59 Å². The van der Waals surface area contributed by atoms with Crippen LogP contribution in [-0.4, -0.2) is 21.4 Å². The number of carboxylic acid groups (broad SMARTS) is 1. The van der Waals surface area contributed by atoms with E-state index in [0.717, 1.165) is 19.3 Å². The molecule has 0 unspecified atom stereocenters. The van der Waals surface area contributed by atoms with Crippen molar-refractivity contribution in [2.24, 2.45) is 5.92 Å². The van der Waals surface area contributed by atoms with Crippen molar-refractivity contribution in [1.29, 1.82) is 0 Å². The summed E-state index contributed by atoms with van der Waals surface area (Å²) in [6.45, 7) is 5.84. The fourth-order valence-electron chi connectivity index (χ4n) is 2.65. The zero-order valence-corrected chi connectivity index (χ0v) is 13.2. The quantitative estimate of drug-likeness (QED) is 0.479. The highest BCUT2D eigenvalue weighted by Crippen LogP contribution is 2.40. The highest BCUT2D eigenvalue weighted by atomic mass is 32.2. The zero-order valence-electron chi connectivity index (χ0n) is 12.4. The number of thioether (sulfide) groups is 1. The third-order valence-corrected chi connectivity index (χ3v) is 5.16. The Hall–Kier alpha value is -0.770. The molecule has 1 fully saturated rings. The van der Waals surface area contributed by atoms with Crippen LogP contribution in [0.15, 0.2) is 12.2 Å². The van der Waals surface area contributed by atoms with Crippen molar-refractivity contribution in [3.05, 3.63) is 12.2 Å². The SMILES string of the molecule is C=C1C(=O)S[C@@H](CCCCCCCCCC)[C@@H]1C(=O)O. The first-order valence-electron chi connectivity index (χ1n) is 7.70. The van der Waals surface area contributed by atoms with Crippen LogP contribution >= 0.6 is 11.8 Å². The predicted octanol–water partition coefficient (Wildman–Crippen LogP) is 4.42. The van der Waals surface area contributed by atoms with Crippen molar-refractivity contribution >= 4 is 22.8 Å². The van der Waals surface area contributed by atoms with Crippen molar-refractivity contribution in [2.75, 3.05) is 0 Å². The standard InChI is InChI=1S/C16H26O3S/c1-3-4-5-6-7-8-9-10-11-13-14(15(17)18)12(2)16(19)20-13/h13-14H,2-11H2,1H3,(H,17,18)/t13-,14+/m0/s1. The van der Waals surface area contributed by atoms with Gasteiger partial charge in [-0.15, -0.1) is 0 Å². The van der Waals surface area contributed by atoms with E-state index in [1.54, 1.807) is 0 Å². The number of rotatable bonds is 10. The van der Waals surface area contributed by atoms with Gasteiger partial charge in [0.25, 0.3) is 0 Å². The molecule has 20 heavy (non-hydrogen) atoms. The van der Waals surface area contributed by atoms with Crippen molar-refractivity contribution in [3.63, 3.8) is 0 Å². The zero-order chi connectivity index (χ0) is 15.0. The van der Waals surface area contributed by atoms with Crippen molar-refractivity contribution in [1.82, 2.24) is 0 Å². The second kappa shape index (κ2) is 9.22. The summed E-state index contributed by atoms with van der Waals surface area (Å²) in [5.74, 6) is -1.57. The summed E-state index contributed by atoms with van der Waals surface area (Å²) in [6.07, 6.45) is 10.7. The number of aliphatic carboxylic acids is 1. The third kappa shape index (κ3) is 5.31. The summed E-state index contributed by atoms with van der Waals surface area (Å²) < 4.78 is 0. The second-order valence-electron chi connectivity index (χ2n) is 5.55. The van der Waals surface area contributed by atoms with Gasteiger partial charge in [0.15, 0.2) is 0 Å². The molecular formula is C16H26O3S. The fourth-order valence-corrected chi connectivity index (χ4v) is 3.90. The van der Waals surface area contributed by atoms with Crippen LogP contribution < -0.4 is 0 Å². The maximum absolute atomic E-state index is 11.5. The molecule has 0 aromatic carbocycles.